The molecule has 0 atom stereocenters. The van der Waals surface area contributed by atoms with Crippen LogP contribution in [-0.2, 0) is 9.59 Å². The number of amides is 2. The van der Waals surface area contributed by atoms with Gasteiger partial charge in [-0.25, -0.2) is 4.98 Å². The number of fused-ring (bicyclic) bond motifs is 1. The summed E-state index contributed by atoms with van der Waals surface area (Å²) in [6.07, 6.45) is 0. The third-order valence-corrected chi connectivity index (χ3v) is 6.22. The highest BCUT2D eigenvalue weighted by molar-refractivity contribution is 8.01. The second-order valence-corrected chi connectivity index (χ2v) is 8.10. The van der Waals surface area contributed by atoms with Gasteiger partial charge in [-0.05, 0) is 19.1 Å². The molecular formula is C17H22N4O2S2. The molecule has 1 aliphatic rings. The molecule has 1 aliphatic heterocycles. The Bertz CT molecular complexity index is 708. The van der Waals surface area contributed by atoms with Crippen molar-refractivity contribution < 1.29 is 9.59 Å². The van der Waals surface area contributed by atoms with Crippen molar-refractivity contribution in [2.45, 2.75) is 11.3 Å². The fraction of sp³-hybridized carbons (Fsp3) is 0.471. The summed E-state index contributed by atoms with van der Waals surface area (Å²) in [7, 11) is 0. The molecule has 25 heavy (non-hydrogen) atoms. The third kappa shape index (κ3) is 4.93. The number of hydrogen-bond donors (Lipinski definition) is 1. The molecule has 8 heteroatoms. The summed E-state index contributed by atoms with van der Waals surface area (Å²) in [5.74, 6) is 0.603. The molecule has 0 bridgehead atoms. The molecule has 1 N–H and O–H groups in total. The molecule has 1 saturated heterocycles. The van der Waals surface area contributed by atoms with Gasteiger partial charge in [0.15, 0.2) is 4.34 Å². The number of hydrogen-bond acceptors (Lipinski definition) is 6. The Kier molecular flexibility index (Phi) is 6.28. The molecule has 0 radical (unpaired) electrons. The number of nitrogens with zero attached hydrogens (tertiary/aromatic N) is 3. The molecule has 0 spiro atoms. The maximum atomic E-state index is 12.4. The monoisotopic (exact) mass is 378 g/mol. The summed E-state index contributed by atoms with van der Waals surface area (Å²) >= 11 is 3.13. The lowest BCUT2D eigenvalue weighted by atomic mass is 10.3. The second kappa shape index (κ2) is 8.64. The van der Waals surface area contributed by atoms with Crippen molar-refractivity contribution in [2.75, 3.05) is 45.0 Å². The molecule has 3 rings (SSSR count). The molecule has 134 valence electrons. The molecule has 6 nitrogen and oxygen atoms in total. The van der Waals surface area contributed by atoms with Crippen molar-refractivity contribution in [1.82, 2.24) is 20.1 Å². The third-order valence-electron chi connectivity index (χ3n) is 4.06. The molecular weight excluding hydrogens is 356 g/mol. The van der Waals surface area contributed by atoms with Crippen LogP contribution < -0.4 is 5.32 Å². The van der Waals surface area contributed by atoms with Gasteiger partial charge in [-0.1, -0.05) is 23.9 Å². The van der Waals surface area contributed by atoms with E-state index in [0.717, 1.165) is 27.6 Å². The van der Waals surface area contributed by atoms with Gasteiger partial charge in [0.1, 0.15) is 0 Å². The van der Waals surface area contributed by atoms with Crippen molar-refractivity contribution in [2.24, 2.45) is 0 Å². The number of thioether (sulfide) groups is 1. The molecule has 1 fully saturated rings. The van der Waals surface area contributed by atoms with Gasteiger partial charge in [0.25, 0.3) is 0 Å². The van der Waals surface area contributed by atoms with E-state index in [1.807, 2.05) is 36.1 Å². The van der Waals surface area contributed by atoms with E-state index in [2.05, 4.69) is 15.2 Å². The van der Waals surface area contributed by atoms with Crippen LogP contribution in [0.5, 0.6) is 0 Å². The van der Waals surface area contributed by atoms with E-state index in [-0.39, 0.29) is 11.8 Å². The van der Waals surface area contributed by atoms with Crippen LogP contribution in [0, 0.1) is 0 Å². The number of para-hydroxylation sites is 1. The number of benzene rings is 1. The van der Waals surface area contributed by atoms with Crippen molar-refractivity contribution in [3.63, 3.8) is 0 Å². The first-order chi connectivity index (χ1) is 12.2. The highest BCUT2D eigenvalue weighted by atomic mass is 32.2. The van der Waals surface area contributed by atoms with E-state index in [1.165, 1.54) is 11.8 Å². The maximum Gasteiger partial charge on any atom is 0.234 e. The molecule has 1 aromatic carbocycles. The standard InChI is InChI=1S/C17H22N4O2S2/c1-2-18-15(22)11-20-7-9-21(10-8-20)16(23)12-24-17-19-13-5-3-4-6-14(13)25-17/h3-6H,2,7-12H2,1H3,(H,18,22). The normalized spacial score (nSPS) is 15.5. The number of thiazole rings is 1. The second-order valence-electron chi connectivity index (χ2n) is 5.85. The topological polar surface area (TPSA) is 65.5 Å². The smallest absolute Gasteiger partial charge is 0.234 e. The fourth-order valence-electron chi connectivity index (χ4n) is 2.74. The van der Waals surface area contributed by atoms with E-state index in [0.29, 0.717) is 31.9 Å². The number of carbonyl (C=O) groups excluding carboxylic acids is 2. The fourth-order valence-corrected chi connectivity index (χ4v) is 4.71. The SMILES string of the molecule is CCNC(=O)CN1CCN(C(=O)CSc2nc3ccccc3s2)CC1. The predicted molar refractivity (Wildman–Crippen MR) is 102 cm³/mol. The average Bonchev–Trinajstić information content (AvgIpc) is 3.03. The van der Waals surface area contributed by atoms with Gasteiger partial charge in [-0.3, -0.25) is 14.5 Å². The lowest BCUT2D eigenvalue weighted by Gasteiger charge is -2.34. The van der Waals surface area contributed by atoms with Crippen molar-refractivity contribution in [3.05, 3.63) is 24.3 Å². The Morgan fingerprint density at radius 1 is 1.24 bits per heavy atom. The summed E-state index contributed by atoms with van der Waals surface area (Å²) < 4.78 is 2.08. The summed E-state index contributed by atoms with van der Waals surface area (Å²) in [5, 5.41) is 2.81. The quantitative estimate of drug-likeness (QED) is 0.775. The van der Waals surface area contributed by atoms with Crippen LogP contribution in [0.3, 0.4) is 0 Å². The van der Waals surface area contributed by atoms with E-state index in [4.69, 9.17) is 0 Å². The number of rotatable bonds is 6. The first-order valence-electron chi connectivity index (χ1n) is 8.41. The average molecular weight is 379 g/mol. The van der Waals surface area contributed by atoms with Gasteiger partial charge >= 0.3 is 0 Å². The van der Waals surface area contributed by atoms with Crippen LogP contribution in [0.2, 0.25) is 0 Å². The molecule has 2 heterocycles. The van der Waals surface area contributed by atoms with Crippen molar-refractivity contribution >= 4 is 45.1 Å². The Morgan fingerprint density at radius 2 is 2.00 bits per heavy atom. The number of carbonyl (C=O) groups is 2. The highest BCUT2D eigenvalue weighted by Crippen LogP contribution is 2.29. The van der Waals surface area contributed by atoms with Crippen LogP contribution in [0.1, 0.15) is 6.92 Å². The largest absolute Gasteiger partial charge is 0.355 e. The van der Waals surface area contributed by atoms with Crippen LogP contribution in [-0.4, -0.2) is 71.6 Å². The van der Waals surface area contributed by atoms with Gasteiger partial charge in [0.05, 0.1) is 22.5 Å². The summed E-state index contributed by atoms with van der Waals surface area (Å²) in [6, 6.07) is 8.01. The zero-order chi connectivity index (χ0) is 17.6. The maximum absolute atomic E-state index is 12.4. The Balaban J connectivity index is 1.44. The predicted octanol–water partition coefficient (Wildman–Crippen LogP) is 1.67. The zero-order valence-electron chi connectivity index (χ0n) is 14.2. The molecule has 1 aromatic heterocycles. The summed E-state index contributed by atoms with van der Waals surface area (Å²) in [6.45, 7) is 5.83. The summed E-state index contributed by atoms with van der Waals surface area (Å²) in [4.78, 5) is 32.5. The van der Waals surface area contributed by atoms with Crippen LogP contribution in [0.15, 0.2) is 28.6 Å². The number of piperazine rings is 1. The van der Waals surface area contributed by atoms with E-state index < -0.39 is 0 Å². The molecule has 0 saturated carbocycles. The number of nitrogens with one attached hydrogen (secondary N) is 1. The van der Waals surface area contributed by atoms with Crippen LogP contribution >= 0.6 is 23.1 Å². The van der Waals surface area contributed by atoms with Crippen LogP contribution in [0.25, 0.3) is 10.2 Å². The zero-order valence-corrected chi connectivity index (χ0v) is 15.9. The summed E-state index contributed by atoms with van der Waals surface area (Å²) in [5.41, 5.74) is 0.987. The minimum absolute atomic E-state index is 0.0497. The Hall–Kier alpha value is -1.64. The van der Waals surface area contributed by atoms with E-state index in [9.17, 15) is 9.59 Å². The highest BCUT2D eigenvalue weighted by Gasteiger charge is 2.22. The minimum Gasteiger partial charge on any atom is -0.355 e. The molecule has 0 aliphatic carbocycles. The Labute approximate surface area is 155 Å². The van der Waals surface area contributed by atoms with Crippen molar-refractivity contribution in [1.29, 1.82) is 0 Å². The molecule has 2 amide bonds. The van der Waals surface area contributed by atoms with Crippen molar-refractivity contribution in [3.8, 4) is 0 Å². The van der Waals surface area contributed by atoms with Crippen LogP contribution in [0.4, 0.5) is 0 Å². The minimum atomic E-state index is 0.0497. The first-order valence-corrected chi connectivity index (χ1v) is 10.2. The lowest BCUT2D eigenvalue weighted by Crippen LogP contribution is -2.51. The Morgan fingerprint density at radius 3 is 2.72 bits per heavy atom. The van der Waals surface area contributed by atoms with Gasteiger partial charge in [0, 0.05) is 32.7 Å². The number of aromatic nitrogens is 1. The van der Waals surface area contributed by atoms with Gasteiger partial charge in [-0.15, -0.1) is 11.3 Å². The first kappa shape index (κ1) is 18.2. The van der Waals surface area contributed by atoms with Gasteiger partial charge in [0.2, 0.25) is 11.8 Å². The van der Waals surface area contributed by atoms with Gasteiger partial charge in [-0.2, -0.15) is 0 Å². The molecule has 0 unspecified atom stereocenters. The number of likely N-dealkylation sites (N-methyl/N-ethyl adjacent to an activating group) is 1. The molecule has 2 aromatic rings. The lowest BCUT2D eigenvalue weighted by molar-refractivity contribution is -0.130. The van der Waals surface area contributed by atoms with E-state index in [1.54, 1.807) is 11.3 Å². The van der Waals surface area contributed by atoms with Gasteiger partial charge < -0.3 is 10.2 Å². The van der Waals surface area contributed by atoms with E-state index >= 15 is 0 Å².